The van der Waals surface area contributed by atoms with E-state index in [2.05, 4.69) is 36.2 Å². The first-order chi connectivity index (χ1) is 15.0. The number of para-hydroxylation sites is 1. The summed E-state index contributed by atoms with van der Waals surface area (Å²) in [6.45, 7) is 5.29. The number of hydrogen-bond donors (Lipinski definition) is 1. The maximum absolute atomic E-state index is 12.8. The quantitative estimate of drug-likeness (QED) is 0.635. The second kappa shape index (κ2) is 8.04. The largest absolute Gasteiger partial charge is 0.496 e. The van der Waals surface area contributed by atoms with Crippen LogP contribution in [0.5, 0.6) is 5.75 Å². The fourth-order valence-electron chi connectivity index (χ4n) is 5.44. The van der Waals surface area contributed by atoms with E-state index in [9.17, 15) is 4.79 Å². The van der Waals surface area contributed by atoms with Gasteiger partial charge in [0.2, 0.25) is 0 Å². The number of carbonyl (C=O) groups excluding carboxylic acids is 1. The predicted octanol–water partition coefficient (Wildman–Crippen LogP) is 4.98. The van der Waals surface area contributed by atoms with Gasteiger partial charge in [-0.05, 0) is 74.4 Å². The van der Waals surface area contributed by atoms with Crippen LogP contribution in [0.4, 0.5) is 0 Å². The van der Waals surface area contributed by atoms with Crippen LogP contribution >= 0.6 is 0 Å². The van der Waals surface area contributed by atoms with Crippen molar-refractivity contribution in [1.29, 1.82) is 0 Å². The Morgan fingerprint density at radius 1 is 1.10 bits per heavy atom. The molecule has 2 atom stereocenters. The molecule has 2 aromatic carbocycles. The first-order valence-corrected chi connectivity index (χ1v) is 11.2. The molecular weight excluding hydrogens is 388 g/mol. The standard InChI is InChI=1S/C26H30N2O3/c1-16-17(2)23(30-3)11-8-19(16)15-28-21-9-10-22(28)14-20(13-21)27-26(29)25-12-18-6-4-5-7-24(18)31-25/h4-8,11-12,20-22H,9-10,13-15H2,1-3H3,(H,27,29). The van der Waals surface area contributed by atoms with Crippen LogP contribution in [0.25, 0.3) is 11.0 Å². The van der Waals surface area contributed by atoms with Crippen LogP contribution in [0.3, 0.4) is 0 Å². The summed E-state index contributed by atoms with van der Waals surface area (Å²) in [6, 6.07) is 15.1. The van der Waals surface area contributed by atoms with Crippen LogP contribution in [0.2, 0.25) is 0 Å². The fraction of sp³-hybridized carbons (Fsp3) is 0.423. The molecule has 31 heavy (non-hydrogen) atoms. The molecule has 0 spiro atoms. The minimum atomic E-state index is -0.101. The Morgan fingerprint density at radius 3 is 2.55 bits per heavy atom. The van der Waals surface area contributed by atoms with Crippen LogP contribution in [0.1, 0.15) is 52.9 Å². The van der Waals surface area contributed by atoms with Crippen molar-refractivity contribution in [3.05, 3.63) is 64.9 Å². The van der Waals surface area contributed by atoms with E-state index in [0.29, 0.717) is 17.8 Å². The zero-order chi connectivity index (χ0) is 21.5. The monoisotopic (exact) mass is 418 g/mol. The lowest BCUT2D eigenvalue weighted by molar-refractivity contribution is 0.0806. The van der Waals surface area contributed by atoms with Gasteiger partial charge in [0.05, 0.1) is 7.11 Å². The summed E-state index contributed by atoms with van der Waals surface area (Å²) in [4.78, 5) is 15.5. The van der Waals surface area contributed by atoms with Gasteiger partial charge in [-0.25, -0.2) is 0 Å². The van der Waals surface area contributed by atoms with Crippen molar-refractivity contribution in [3.8, 4) is 5.75 Å². The number of hydrogen-bond acceptors (Lipinski definition) is 4. The number of fused-ring (bicyclic) bond motifs is 3. The highest BCUT2D eigenvalue weighted by molar-refractivity contribution is 5.96. The SMILES string of the molecule is COc1ccc(CN2C3CCC2CC(NC(=O)c2cc4ccccc4o2)C3)c(C)c1C. The third-order valence-electron chi connectivity index (χ3n) is 7.29. The number of piperidine rings is 1. The van der Waals surface area contributed by atoms with E-state index in [4.69, 9.17) is 9.15 Å². The summed E-state index contributed by atoms with van der Waals surface area (Å²) < 4.78 is 11.2. The number of methoxy groups -OCH3 is 1. The summed E-state index contributed by atoms with van der Waals surface area (Å²) in [5, 5.41) is 4.21. The van der Waals surface area contributed by atoms with Crippen molar-refractivity contribution in [3.63, 3.8) is 0 Å². The average Bonchev–Trinajstić information content (AvgIpc) is 3.30. The summed E-state index contributed by atoms with van der Waals surface area (Å²) in [7, 11) is 1.73. The van der Waals surface area contributed by atoms with Crippen molar-refractivity contribution in [2.75, 3.05) is 7.11 Å². The molecule has 162 valence electrons. The fourth-order valence-corrected chi connectivity index (χ4v) is 5.44. The number of nitrogens with one attached hydrogen (secondary N) is 1. The molecule has 1 aromatic heterocycles. The van der Waals surface area contributed by atoms with E-state index in [1.54, 1.807) is 7.11 Å². The zero-order valence-electron chi connectivity index (χ0n) is 18.5. The Hall–Kier alpha value is -2.79. The maximum Gasteiger partial charge on any atom is 0.287 e. The van der Waals surface area contributed by atoms with Gasteiger partial charge < -0.3 is 14.5 Å². The smallest absolute Gasteiger partial charge is 0.287 e. The summed E-state index contributed by atoms with van der Waals surface area (Å²) in [6.07, 6.45) is 4.40. The molecule has 5 nitrogen and oxygen atoms in total. The van der Waals surface area contributed by atoms with Crippen molar-refractivity contribution in [2.45, 2.75) is 64.2 Å². The van der Waals surface area contributed by atoms with Gasteiger partial charge in [-0.15, -0.1) is 0 Å². The Labute approximate surface area is 183 Å². The summed E-state index contributed by atoms with van der Waals surface area (Å²) in [5.41, 5.74) is 4.67. The molecule has 3 heterocycles. The van der Waals surface area contributed by atoms with Gasteiger partial charge in [0.25, 0.3) is 5.91 Å². The van der Waals surface area contributed by atoms with Crippen molar-refractivity contribution >= 4 is 16.9 Å². The lowest BCUT2D eigenvalue weighted by Gasteiger charge is -2.39. The molecule has 3 aromatic rings. The van der Waals surface area contributed by atoms with Gasteiger partial charge in [-0.2, -0.15) is 0 Å². The van der Waals surface area contributed by atoms with E-state index in [1.165, 1.54) is 29.5 Å². The number of benzene rings is 2. The average molecular weight is 419 g/mol. The molecule has 2 fully saturated rings. The molecule has 2 aliphatic rings. The minimum absolute atomic E-state index is 0.101. The molecule has 5 heteroatoms. The van der Waals surface area contributed by atoms with Crippen molar-refractivity contribution in [1.82, 2.24) is 10.2 Å². The van der Waals surface area contributed by atoms with E-state index in [1.807, 2.05) is 30.3 Å². The molecule has 1 amide bonds. The third kappa shape index (κ3) is 3.72. The first kappa shape index (κ1) is 20.1. The Balaban J connectivity index is 1.26. The molecule has 2 unspecified atom stereocenters. The second-order valence-electron chi connectivity index (χ2n) is 9.02. The molecular formula is C26H30N2O3. The number of nitrogens with zero attached hydrogens (tertiary/aromatic N) is 1. The van der Waals surface area contributed by atoms with E-state index >= 15 is 0 Å². The molecule has 0 radical (unpaired) electrons. The minimum Gasteiger partial charge on any atom is -0.496 e. The lowest BCUT2D eigenvalue weighted by atomic mass is 9.95. The molecule has 0 saturated carbocycles. The molecule has 2 aliphatic heterocycles. The third-order valence-corrected chi connectivity index (χ3v) is 7.29. The summed E-state index contributed by atoms with van der Waals surface area (Å²) in [5.74, 6) is 1.26. The molecule has 0 aliphatic carbocycles. The van der Waals surface area contributed by atoms with Crippen LogP contribution in [-0.4, -0.2) is 36.0 Å². The Kier molecular flexibility index (Phi) is 5.22. The normalized spacial score (nSPS) is 23.3. The van der Waals surface area contributed by atoms with Gasteiger partial charge in [0.15, 0.2) is 5.76 Å². The first-order valence-electron chi connectivity index (χ1n) is 11.2. The van der Waals surface area contributed by atoms with Gasteiger partial charge in [-0.1, -0.05) is 24.3 Å². The van der Waals surface area contributed by atoms with Gasteiger partial charge in [0.1, 0.15) is 11.3 Å². The zero-order valence-corrected chi connectivity index (χ0v) is 18.5. The predicted molar refractivity (Wildman–Crippen MR) is 122 cm³/mol. The summed E-state index contributed by atoms with van der Waals surface area (Å²) >= 11 is 0. The number of carbonyl (C=O) groups is 1. The van der Waals surface area contributed by atoms with Gasteiger partial charge in [0, 0.05) is 30.1 Å². The molecule has 2 bridgehead atoms. The van der Waals surface area contributed by atoms with Crippen LogP contribution < -0.4 is 10.1 Å². The number of amides is 1. The van der Waals surface area contributed by atoms with Gasteiger partial charge >= 0.3 is 0 Å². The van der Waals surface area contributed by atoms with E-state index in [-0.39, 0.29) is 11.9 Å². The number of ether oxygens (including phenoxy) is 1. The number of rotatable bonds is 5. The highest BCUT2D eigenvalue weighted by Gasteiger charge is 2.41. The molecule has 2 saturated heterocycles. The van der Waals surface area contributed by atoms with Gasteiger partial charge in [-0.3, -0.25) is 9.69 Å². The van der Waals surface area contributed by atoms with Crippen molar-refractivity contribution < 1.29 is 13.9 Å². The second-order valence-corrected chi connectivity index (χ2v) is 9.02. The van der Waals surface area contributed by atoms with Crippen LogP contribution in [0.15, 0.2) is 46.9 Å². The van der Waals surface area contributed by atoms with Crippen LogP contribution in [0, 0.1) is 13.8 Å². The van der Waals surface area contributed by atoms with E-state index in [0.717, 1.165) is 36.1 Å². The Morgan fingerprint density at radius 2 is 1.84 bits per heavy atom. The highest BCUT2D eigenvalue weighted by Crippen LogP contribution is 2.38. The topological polar surface area (TPSA) is 54.7 Å². The number of furan rings is 1. The van der Waals surface area contributed by atoms with E-state index < -0.39 is 0 Å². The Bertz CT molecular complexity index is 1070. The lowest BCUT2D eigenvalue weighted by Crippen LogP contribution is -2.50. The highest BCUT2D eigenvalue weighted by atomic mass is 16.5. The molecule has 1 N–H and O–H groups in total. The maximum atomic E-state index is 12.8. The van der Waals surface area contributed by atoms with Crippen LogP contribution in [-0.2, 0) is 6.54 Å². The van der Waals surface area contributed by atoms with Crippen molar-refractivity contribution in [2.24, 2.45) is 0 Å². The molecule has 5 rings (SSSR count).